The lowest BCUT2D eigenvalue weighted by Crippen LogP contribution is -2.54. The van der Waals surface area contributed by atoms with Gasteiger partial charge >= 0.3 is 18.0 Å². The Kier molecular flexibility index (Phi) is 6.11. The van der Waals surface area contributed by atoms with Gasteiger partial charge in [-0.2, -0.15) is 4.98 Å². The van der Waals surface area contributed by atoms with Crippen molar-refractivity contribution >= 4 is 18.0 Å². The van der Waals surface area contributed by atoms with Crippen LogP contribution in [0.4, 0.5) is 4.79 Å². The molecule has 1 aromatic heterocycles. The highest BCUT2D eigenvalue weighted by Crippen LogP contribution is 2.20. The number of ether oxygens (including phenoxy) is 1. The maximum atomic E-state index is 12.4. The van der Waals surface area contributed by atoms with Gasteiger partial charge in [0.2, 0.25) is 5.91 Å². The fourth-order valence-electron chi connectivity index (χ4n) is 1.78. The fourth-order valence-corrected chi connectivity index (χ4v) is 1.78. The fraction of sp³-hybridized carbons (Fsp3) is 0.667. The minimum Gasteiger partial charge on any atom is -0.474 e. The summed E-state index contributed by atoms with van der Waals surface area (Å²) in [6, 6.07) is -0.881. The van der Waals surface area contributed by atoms with Crippen molar-refractivity contribution in [1.29, 1.82) is 0 Å². The Labute approximate surface area is 145 Å². The van der Waals surface area contributed by atoms with Crippen LogP contribution in [0.2, 0.25) is 0 Å². The Morgan fingerprint density at radius 3 is 2.24 bits per heavy atom. The third-order valence-electron chi connectivity index (χ3n) is 2.86. The normalized spacial score (nSPS) is 13.0. The first-order valence-electron chi connectivity index (χ1n) is 7.62. The maximum absolute atomic E-state index is 12.4. The second-order valence-corrected chi connectivity index (χ2v) is 7.48. The molecule has 0 aliphatic carbocycles. The third-order valence-corrected chi connectivity index (χ3v) is 2.86. The molecule has 0 bridgehead atoms. The topological polar surface area (TPSA) is 144 Å². The molecule has 1 aromatic rings. The van der Waals surface area contributed by atoms with Gasteiger partial charge < -0.3 is 25.0 Å². The Hall–Kier alpha value is -2.65. The van der Waals surface area contributed by atoms with Gasteiger partial charge in [-0.15, -0.1) is 0 Å². The summed E-state index contributed by atoms with van der Waals surface area (Å²) in [5.74, 6) is -2.40. The first-order chi connectivity index (χ1) is 11.3. The molecule has 0 saturated carbocycles. The van der Waals surface area contributed by atoms with Crippen LogP contribution >= 0.6 is 0 Å². The van der Waals surface area contributed by atoms with Crippen LogP contribution in [0.1, 0.15) is 58.1 Å². The van der Waals surface area contributed by atoms with Crippen LogP contribution in [0.15, 0.2) is 4.52 Å². The summed E-state index contributed by atoms with van der Waals surface area (Å²) >= 11 is 0. The highest BCUT2D eigenvalue weighted by molar-refractivity contribution is 5.86. The zero-order valence-electron chi connectivity index (χ0n) is 15.2. The Morgan fingerprint density at radius 1 is 1.20 bits per heavy atom. The molecule has 0 unspecified atom stereocenters. The van der Waals surface area contributed by atoms with Crippen molar-refractivity contribution < 1.29 is 28.8 Å². The molecule has 10 heteroatoms. The first kappa shape index (κ1) is 20.4. The predicted molar refractivity (Wildman–Crippen MR) is 85.7 cm³/mol. The van der Waals surface area contributed by atoms with Crippen molar-refractivity contribution in [2.75, 3.05) is 0 Å². The van der Waals surface area contributed by atoms with E-state index in [2.05, 4.69) is 25.3 Å². The Bertz CT molecular complexity index is 641. The Morgan fingerprint density at radius 2 is 1.80 bits per heavy atom. The van der Waals surface area contributed by atoms with Gasteiger partial charge in [0.05, 0.1) is 6.54 Å². The molecule has 0 aliphatic rings. The molecule has 0 radical (unpaired) electrons. The quantitative estimate of drug-likeness (QED) is 0.716. The van der Waals surface area contributed by atoms with Crippen molar-refractivity contribution in [3.63, 3.8) is 0 Å². The lowest BCUT2D eigenvalue weighted by molar-refractivity contribution is -0.125. The molecule has 0 aromatic carbocycles. The van der Waals surface area contributed by atoms with Gasteiger partial charge in [-0.1, -0.05) is 25.9 Å². The van der Waals surface area contributed by atoms with Gasteiger partial charge in [-0.05, 0) is 26.2 Å². The van der Waals surface area contributed by atoms with Gasteiger partial charge in [0.25, 0.3) is 0 Å². The van der Waals surface area contributed by atoms with E-state index in [4.69, 9.17) is 9.84 Å². The number of aromatic carboxylic acids is 1. The molecule has 25 heavy (non-hydrogen) atoms. The molecule has 3 N–H and O–H groups in total. The number of aromatic nitrogens is 2. The van der Waals surface area contributed by atoms with E-state index < -0.39 is 40.9 Å². The second-order valence-electron chi connectivity index (χ2n) is 7.48. The van der Waals surface area contributed by atoms with Crippen molar-refractivity contribution in [2.45, 2.75) is 59.7 Å². The van der Waals surface area contributed by atoms with E-state index in [1.165, 1.54) is 0 Å². The number of rotatable bonds is 5. The summed E-state index contributed by atoms with van der Waals surface area (Å²) in [5, 5.41) is 17.2. The van der Waals surface area contributed by atoms with Crippen molar-refractivity contribution in [2.24, 2.45) is 5.41 Å². The van der Waals surface area contributed by atoms with Gasteiger partial charge in [0, 0.05) is 0 Å². The van der Waals surface area contributed by atoms with Crippen LogP contribution in [-0.4, -0.2) is 44.9 Å². The van der Waals surface area contributed by atoms with Crippen LogP contribution < -0.4 is 10.6 Å². The number of hydrogen-bond donors (Lipinski definition) is 3. The maximum Gasteiger partial charge on any atom is 0.408 e. The molecule has 140 valence electrons. The first-order valence-corrected chi connectivity index (χ1v) is 7.62. The lowest BCUT2D eigenvalue weighted by Gasteiger charge is -2.31. The van der Waals surface area contributed by atoms with Gasteiger partial charge in [0.1, 0.15) is 11.6 Å². The average molecular weight is 356 g/mol. The molecule has 1 heterocycles. The molecule has 1 atom stereocenters. The molecule has 0 fully saturated rings. The minimum atomic E-state index is -1.36. The smallest absolute Gasteiger partial charge is 0.408 e. The minimum absolute atomic E-state index is 0.00989. The number of alkyl carbamates (subject to hydrolysis) is 1. The highest BCUT2D eigenvalue weighted by Gasteiger charge is 2.34. The zero-order valence-corrected chi connectivity index (χ0v) is 15.2. The molecular weight excluding hydrogens is 332 g/mol. The third kappa shape index (κ3) is 6.77. The molecule has 0 aliphatic heterocycles. The molecule has 0 spiro atoms. The van der Waals surface area contributed by atoms with E-state index in [1.807, 2.05) is 0 Å². The molecule has 0 saturated heterocycles. The van der Waals surface area contributed by atoms with Crippen molar-refractivity contribution in [3.8, 4) is 0 Å². The van der Waals surface area contributed by atoms with Crippen LogP contribution in [0.5, 0.6) is 0 Å². The summed E-state index contributed by atoms with van der Waals surface area (Å²) in [7, 11) is 0. The van der Waals surface area contributed by atoms with Crippen molar-refractivity contribution in [3.05, 3.63) is 11.7 Å². The van der Waals surface area contributed by atoms with Gasteiger partial charge in [0.15, 0.2) is 5.82 Å². The summed E-state index contributed by atoms with van der Waals surface area (Å²) in [4.78, 5) is 38.7. The summed E-state index contributed by atoms with van der Waals surface area (Å²) in [6.45, 7) is 10.4. The zero-order chi connectivity index (χ0) is 19.4. The SMILES string of the molecule is CC(C)(C)OC(=O)N[C@H](C(=O)NCc1noc(C(=O)O)n1)C(C)(C)C. The summed E-state index contributed by atoms with van der Waals surface area (Å²) in [6.07, 6.45) is -0.713. The number of nitrogens with zero attached hydrogens (tertiary/aromatic N) is 2. The van der Waals surface area contributed by atoms with E-state index in [9.17, 15) is 14.4 Å². The lowest BCUT2D eigenvalue weighted by atomic mass is 9.86. The number of nitrogens with one attached hydrogen (secondary N) is 2. The van der Waals surface area contributed by atoms with Crippen molar-refractivity contribution in [1.82, 2.24) is 20.8 Å². The van der Waals surface area contributed by atoms with E-state index in [1.54, 1.807) is 41.5 Å². The summed E-state index contributed by atoms with van der Waals surface area (Å²) < 4.78 is 9.67. The van der Waals surface area contributed by atoms with E-state index in [0.29, 0.717) is 0 Å². The summed E-state index contributed by atoms with van der Waals surface area (Å²) in [5.41, 5.74) is -1.29. The molecule has 2 amide bonds. The number of carbonyl (C=O) groups is 3. The monoisotopic (exact) mass is 356 g/mol. The number of hydrogen-bond acceptors (Lipinski definition) is 7. The largest absolute Gasteiger partial charge is 0.474 e. The van der Waals surface area contributed by atoms with Crippen LogP contribution in [0.25, 0.3) is 0 Å². The van der Waals surface area contributed by atoms with E-state index in [0.717, 1.165) is 0 Å². The number of amides is 2. The average Bonchev–Trinajstić information content (AvgIpc) is 2.88. The molecule has 1 rings (SSSR count). The molecule has 10 nitrogen and oxygen atoms in total. The predicted octanol–water partition coefficient (Wildman–Crippen LogP) is 1.32. The van der Waals surface area contributed by atoms with Gasteiger partial charge in [-0.25, -0.2) is 9.59 Å². The number of carboxylic acid groups (broad SMARTS) is 1. The van der Waals surface area contributed by atoms with Crippen LogP contribution in [0, 0.1) is 5.41 Å². The standard InChI is InChI=1S/C15H24N4O6/c1-14(2,3)9(18-13(23)24-15(4,5)6)10(20)16-7-8-17-11(12(21)22)25-19-8/h9H,7H2,1-6H3,(H,16,20)(H,18,23)(H,21,22)/t9-/m1/s1. The Balaban J connectivity index is 2.73. The molecular formula is C15H24N4O6. The second kappa shape index (κ2) is 7.49. The number of carboxylic acids is 1. The highest BCUT2D eigenvalue weighted by atomic mass is 16.6. The van der Waals surface area contributed by atoms with Gasteiger partial charge in [-0.3, -0.25) is 4.79 Å². The van der Waals surface area contributed by atoms with E-state index in [-0.39, 0.29) is 12.4 Å². The van der Waals surface area contributed by atoms with Crippen LogP contribution in [0.3, 0.4) is 0 Å². The van der Waals surface area contributed by atoms with E-state index >= 15 is 0 Å². The van der Waals surface area contributed by atoms with Crippen LogP contribution in [-0.2, 0) is 16.1 Å². The number of carbonyl (C=O) groups excluding carboxylic acids is 2.